The monoisotopic (exact) mass is 172 g/mol. The smallest absolute Gasteiger partial charge is 0.0434 e. The van der Waals surface area contributed by atoms with Gasteiger partial charge in [0.15, 0.2) is 0 Å². The van der Waals surface area contributed by atoms with Crippen LogP contribution in [0.1, 0.15) is 20.3 Å². The van der Waals surface area contributed by atoms with E-state index in [1.165, 1.54) is 0 Å². The highest BCUT2D eigenvalue weighted by atomic mass is 16.3. The SMILES string of the molecule is CC1CNCC(C(C)CCO)N1. The molecule has 1 aliphatic heterocycles. The molecule has 3 atom stereocenters. The molecule has 12 heavy (non-hydrogen) atoms. The zero-order chi connectivity index (χ0) is 8.97. The predicted octanol–water partition coefficient (Wildman–Crippen LogP) is -0.0452. The Hall–Kier alpha value is -0.120. The third kappa shape index (κ3) is 2.73. The van der Waals surface area contributed by atoms with Gasteiger partial charge in [-0.15, -0.1) is 0 Å². The first kappa shape index (κ1) is 9.96. The fraction of sp³-hybridized carbons (Fsp3) is 1.00. The summed E-state index contributed by atoms with van der Waals surface area (Å²) in [6, 6.07) is 1.09. The van der Waals surface area contributed by atoms with E-state index in [-0.39, 0.29) is 0 Å². The van der Waals surface area contributed by atoms with Crippen LogP contribution in [0.4, 0.5) is 0 Å². The van der Waals surface area contributed by atoms with Crippen LogP contribution in [0, 0.1) is 5.92 Å². The maximum absolute atomic E-state index is 8.79. The Morgan fingerprint density at radius 1 is 1.50 bits per heavy atom. The molecule has 0 amide bonds. The zero-order valence-corrected chi connectivity index (χ0v) is 8.01. The Balaban J connectivity index is 2.29. The number of piperazine rings is 1. The Kier molecular flexibility index (Phi) is 3.98. The van der Waals surface area contributed by atoms with Crippen molar-refractivity contribution in [2.45, 2.75) is 32.4 Å². The minimum absolute atomic E-state index is 0.299. The molecule has 0 aliphatic carbocycles. The van der Waals surface area contributed by atoms with Gasteiger partial charge in [0.2, 0.25) is 0 Å². The standard InChI is InChI=1S/C9H20N2O/c1-7(3-4-12)9-6-10-5-8(2)11-9/h7-12H,3-6H2,1-2H3. The summed E-state index contributed by atoms with van der Waals surface area (Å²) in [7, 11) is 0. The molecule has 0 saturated carbocycles. The molecule has 3 heteroatoms. The number of rotatable bonds is 3. The molecule has 0 radical (unpaired) electrons. The summed E-state index contributed by atoms with van der Waals surface area (Å²) in [5, 5.41) is 15.7. The van der Waals surface area contributed by atoms with Crippen molar-refractivity contribution in [3.05, 3.63) is 0 Å². The van der Waals surface area contributed by atoms with Crippen LogP contribution < -0.4 is 10.6 Å². The van der Waals surface area contributed by atoms with Crippen molar-refractivity contribution < 1.29 is 5.11 Å². The van der Waals surface area contributed by atoms with Crippen molar-refractivity contribution >= 4 is 0 Å². The first-order valence-corrected chi connectivity index (χ1v) is 4.81. The molecule has 1 aliphatic rings. The lowest BCUT2D eigenvalue weighted by atomic mass is 9.96. The van der Waals surface area contributed by atoms with Gasteiger partial charge in [0.1, 0.15) is 0 Å². The Bertz CT molecular complexity index is 130. The molecule has 0 aromatic carbocycles. The van der Waals surface area contributed by atoms with E-state index in [0.29, 0.717) is 24.6 Å². The van der Waals surface area contributed by atoms with Gasteiger partial charge in [-0.05, 0) is 19.3 Å². The highest BCUT2D eigenvalue weighted by Crippen LogP contribution is 2.09. The quantitative estimate of drug-likeness (QED) is 0.559. The van der Waals surface area contributed by atoms with Gasteiger partial charge in [-0.2, -0.15) is 0 Å². The third-order valence-electron chi connectivity index (χ3n) is 2.58. The van der Waals surface area contributed by atoms with Crippen LogP contribution in [0.2, 0.25) is 0 Å². The largest absolute Gasteiger partial charge is 0.396 e. The lowest BCUT2D eigenvalue weighted by molar-refractivity contribution is 0.216. The van der Waals surface area contributed by atoms with Gasteiger partial charge in [-0.25, -0.2) is 0 Å². The van der Waals surface area contributed by atoms with Crippen LogP contribution in [0.15, 0.2) is 0 Å². The van der Waals surface area contributed by atoms with Crippen LogP contribution in [-0.2, 0) is 0 Å². The molecule has 1 saturated heterocycles. The fourth-order valence-corrected chi connectivity index (χ4v) is 1.71. The Morgan fingerprint density at radius 3 is 2.83 bits per heavy atom. The Morgan fingerprint density at radius 2 is 2.25 bits per heavy atom. The van der Waals surface area contributed by atoms with Crippen molar-refractivity contribution in [2.24, 2.45) is 5.92 Å². The molecule has 3 nitrogen and oxygen atoms in total. The summed E-state index contributed by atoms with van der Waals surface area (Å²) in [6.07, 6.45) is 0.895. The summed E-state index contributed by atoms with van der Waals surface area (Å²) in [5.74, 6) is 0.560. The summed E-state index contributed by atoms with van der Waals surface area (Å²) in [5.41, 5.74) is 0. The average Bonchev–Trinajstić information content (AvgIpc) is 2.05. The van der Waals surface area contributed by atoms with Crippen molar-refractivity contribution in [1.29, 1.82) is 0 Å². The number of hydrogen-bond acceptors (Lipinski definition) is 3. The van der Waals surface area contributed by atoms with Crippen LogP contribution in [-0.4, -0.2) is 36.9 Å². The van der Waals surface area contributed by atoms with E-state index in [0.717, 1.165) is 19.5 Å². The van der Waals surface area contributed by atoms with E-state index in [4.69, 9.17) is 5.11 Å². The van der Waals surface area contributed by atoms with E-state index in [2.05, 4.69) is 24.5 Å². The second-order valence-corrected chi connectivity index (χ2v) is 3.82. The minimum atomic E-state index is 0.299. The van der Waals surface area contributed by atoms with Gasteiger partial charge in [-0.3, -0.25) is 0 Å². The number of hydrogen-bond donors (Lipinski definition) is 3. The molecule has 0 bridgehead atoms. The van der Waals surface area contributed by atoms with Gasteiger partial charge >= 0.3 is 0 Å². The van der Waals surface area contributed by atoms with Gasteiger partial charge in [0, 0.05) is 31.8 Å². The molecule has 0 aromatic rings. The minimum Gasteiger partial charge on any atom is -0.396 e. The fourth-order valence-electron chi connectivity index (χ4n) is 1.71. The lowest BCUT2D eigenvalue weighted by Crippen LogP contribution is -2.56. The van der Waals surface area contributed by atoms with Crippen molar-refractivity contribution in [3.8, 4) is 0 Å². The van der Waals surface area contributed by atoms with Gasteiger partial charge < -0.3 is 15.7 Å². The molecule has 1 heterocycles. The van der Waals surface area contributed by atoms with Crippen molar-refractivity contribution in [3.63, 3.8) is 0 Å². The molecule has 3 unspecified atom stereocenters. The molecule has 1 rings (SSSR count). The lowest BCUT2D eigenvalue weighted by Gasteiger charge is -2.33. The summed E-state index contributed by atoms with van der Waals surface area (Å²) >= 11 is 0. The van der Waals surface area contributed by atoms with E-state index in [9.17, 15) is 0 Å². The molecule has 3 N–H and O–H groups in total. The van der Waals surface area contributed by atoms with Gasteiger partial charge in [0.05, 0.1) is 0 Å². The summed E-state index contributed by atoms with van der Waals surface area (Å²) in [6.45, 7) is 6.76. The van der Waals surface area contributed by atoms with Gasteiger partial charge in [-0.1, -0.05) is 6.92 Å². The van der Waals surface area contributed by atoms with Gasteiger partial charge in [0.25, 0.3) is 0 Å². The molecular weight excluding hydrogens is 152 g/mol. The maximum Gasteiger partial charge on any atom is 0.0434 e. The normalized spacial score (nSPS) is 33.2. The zero-order valence-electron chi connectivity index (χ0n) is 8.01. The Labute approximate surface area is 74.5 Å². The van der Waals surface area contributed by atoms with Crippen molar-refractivity contribution in [2.75, 3.05) is 19.7 Å². The van der Waals surface area contributed by atoms with E-state index in [1.807, 2.05) is 0 Å². The topological polar surface area (TPSA) is 44.3 Å². The molecule has 0 aromatic heterocycles. The average molecular weight is 172 g/mol. The molecule has 72 valence electrons. The molecule has 0 spiro atoms. The van der Waals surface area contributed by atoms with Crippen LogP contribution in [0.25, 0.3) is 0 Å². The highest BCUT2D eigenvalue weighted by Gasteiger charge is 2.21. The first-order chi connectivity index (χ1) is 5.74. The highest BCUT2D eigenvalue weighted by molar-refractivity contribution is 4.84. The molecule has 1 fully saturated rings. The first-order valence-electron chi connectivity index (χ1n) is 4.81. The molecular formula is C9H20N2O. The number of aliphatic hydroxyl groups excluding tert-OH is 1. The number of nitrogens with one attached hydrogen (secondary N) is 2. The van der Waals surface area contributed by atoms with Crippen LogP contribution >= 0.6 is 0 Å². The number of aliphatic hydroxyl groups is 1. The summed E-state index contributed by atoms with van der Waals surface area (Å²) < 4.78 is 0. The third-order valence-corrected chi connectivity index (χ3v) is 2.58. The second kappa shape index (κ2) is 4.80. The van der Waals surface area contributed by atoms with E-state index >= 15 is 0 Å². The van der Waals surface area contributed by atoms with Crippen molar-refractivity contribution in [1.82, 2.24) is 10.6 Å². The van der Waals surface area contributed by atoms with E-state index < -0.39 is 0 Å². The predicted molar refractivity (Wildman–Crippen MR) is 50.1 cm³/mol. The van der Waals surface area contributed by atoms with Crippen LogP contribution in [0.3, 0.4) is 0 Å². The maximum atomic E-state index is 8.79. The summed E-state index contributed by atoms with van der Waals surface area (Å²) in [4.78, 5) is 0. The van der Waals surface area contributed by atoms with Crippen LogP contribution in [0.5, 0.6) is 0 Å². The second-order valence-electron chi connectivity index (χ2n) is 3.82. The van der Waals surface area contributed by atoms with E-state index in [1.54, 1.807) is 0 Å².